The van der Waals surface area contributed by atoms with Crippen LogP contribution < -0.4 is 0 Å². The SMILES string of the molecule is CCCC(=O)O.Cc1ccccc1. The fourth-order valence-corrected chi connectivity index (χ4v) is 0.748. The average Bonchev–Trinajstić information content (AvgIpc) is 2.06. The predicted octanol–water partition coefficient (Wildman–Crippen LogP) is 2.87. The molecule has 0 fully saturated rings. The second-order valence-corrected chi connectivity index (χ2v) is 2.80. The molecule has 0 saturated heterocycles. The Labute approximate surface area is 79.2 Å². The Morgan fingerprint density at radius 2 is 1.85 bits per heavy atom. The fraction of sp³-hybridized carbons (Fsp3) is 0.364. The summed E-state index contributed by atoms with van der Waals surface area (Å²) in [5.74, 6) is -0.711. The van der Waals surface area contributed by atoms with E-state index in [1.807, 2.05) is 25.1 Å². The molecular formula is C11H16O2. The van der Waals surface area contributed by atoms with Crippen LogP contribution in [0.2, 0.25) is 0 Å². The number of hydrogen-bond donors (Lipinski definition) is 1. The first-order valence-electron chi connectivity index (χ1n) is 4.40. The summed E-state index contributed by atoms with van der Waals surface area (Å²) in [7, 11) is 0. The van der Waals surface area contributed by atoms with Gasteiger partial charge in [-0.3, -0.25) is 4.79 Å². The van der Waals surface area contributed by atoms with Gasteiger partial charge in [0.1, 0.15) is 0 Å². The largest absolute Gasteiger partial charge is 0.481 e. The maximum absolute atomic E-state index is 9.60. The van der Waals surface area contributed by atoms with Gasteiger partial charge in [-0.15, -0.1) is 0 Å². The van der Waals surface area contributed by atoms with E-state index in [0.29, 0.717) is 6.42 Å². The minimum absolute atomic E-state index is 0.292. The van der Waals surface area contributed by atoms with Crippen LogP contribution >= 0.6 is 0 Å². The average molecular weight is 180 g/mol. The van der Waals surface area contributed by atoms with E-state index in [1.54, 1.807) is 0 Å². The smallest absolute Gasteiger partial charge is 0.303 e. The second-order valence-electron chi connectivity index (χ2n) is 2.80. The Balaban J connectivity index is 0.000000226. The van der Waals surface area contributed by atoms with Gasteiger partial charge >= 0.3 is 5.97 Å². The molecule has 0 aromatic heterocycles. The number of rotatable bonds is 2. The van der Waals surface area contributed by atoms with Gasteiger partial charge < -0.3 is 5.11 Å². The normalized spacial score (nSPS) is 8.46. The summed E-state index contributed by atoms with van der Waals surface area (Å²) in [4.78, 5) is 9.60. The Hall–Kier alpha value is -1.31. The molecule has 0 atom stereocenters. The molecule has 0 aliphatic heterocycles. The molecule has 0 amide bonds. The maximum Gasteiger partial charge on any atom is 0.303 e. The second kappa shape index (κ2) is 7.35. The maximum atomic E-state index is 9.60. The minimum Gasteiger partial charge on any atom is -0.481 e. The molecule has 1 aromatic carbocycles. The number of aryl methyl sites for hydroxylation is 1. The molecule has 2 heteroatoms. The third kappa shape index (κ3) is 8.60. The van der Waals surface area contributed by atoms with Crippen molar-refractivity contribution < 1.29 is 9.90 Å². The highest BCUT2D eigenvalue weighted by molar-refractivity contribution is 5.66. The zero-order valence-corrected chi connectivity index (χ0v) is 8.16. The number of aliphatic carboxylic acids is 1. The van der Waals surface area contributed by atoms with Crippen molar-refractivity contribution in [1.29, 1.82) is 0 Å². The van der Waals surface area contributed by atoms with Gasteiger partial charge in [0.15, 0.2) is 0 Å². The quantitative estimate of drug-likeness (QED) is 0.759. The lowest BCUT2D eigenvalue weighted by Gasteiger charge is -1.82. The summed E-state index contributed by atoms with van der Waals surface area (Å²) in [6.07, 6.45) is 1.02. The zero-order chi connectivity index (χ0) is 10.1. The van der Waals surface area contributed by atoms with Gasteiger partial charge in [-0.1, -0.05) is 42.8 Å². The molecule has 0 aliphatic rings. The number of carbonyl (C=O) groups is 1. The van der Waals surface area contributed by atoms with Crippen molar-refractivity contribution in [3.8, 4) is 0 Å². The Morgan fingerprint density at radius 1 is 1.31 bits per heavy atom. The molecule has 0 bridgehead atoms. The van der Waals surface area contributed by atoms with Crippen LogP contribution in [-0.4, -0.2) is 11.1 Å². The van der Waals surface area contributed by atoms with Gasteiger partial charge in [0, 0.05) is 6.42 Å². The number of carboxylic acid groups (broad SMARTS) is 1. The van der Waals surface area contributed by atoms with E-state index in [4.69, 9.17) is 5.11 Å². The first-order chi connectivity index (χ1) is 6.16. The Kier molecular flexibility index (Phi) is 6.60. The first kappa shape index (κ1) is 11.7. The van der Waals surface area contributed by atoms with Gasteiger partial charge in [0.2, 0.25) is 0 Å². The number of carboxylic acids is 1. The third-order valence-electron chi connectivity index (χ3n) is 1.40. The van der Waals surface area contributed by atoms with Gasteiger partial charge in [0.25, 0.3) is 0 Å². The fourth-order valence-electron chi connectivity index (χ4n) is 0.748. The van der Waals surface area contributed by atoms with Crippen molar-refractivity contribution in [3.05, 3.63) is 35.9 Å². The Morgan fingerprint density at radius 3 is 2.00 bits per heavy atom. The predicted molar refractivity (Wildman–Crippen MR) is 53.7 cm³/mol. The summed E-state index contributed by atoms with van der Waals surface area (Å²) in [6, 6.07) is 10.3. The molecular weight excluding hydrogens is 164 g/mol. The highest BCUT2D eigenvalue weighted by Gasteiger charge is 1.87. The van der Waals surface area contributed by atoms with Gasteiger partial charge in [0.05, 0.1) is 0 Å². The number of hydrogen-bond acceptors (Lipinski definition) is 1. The highest BCUT2D eigenvalue weighted by atomic mass is 16.4. The van der Waals surface area contributed by atoms with E-state index in [0.717, 1.165) is 6.42 Å². The lowest BCUT2D eigenvalue weighted by atomic mass is 10.2. The number of benzene rings is 1. The standard InChI is InChI=1S/C7H8.C4H8O2/c1-7-5-3-2-4-6-7;1-2-3-4(5)6/h2-6H,1H3;2-3H2,1H3,(H,5,6). The van der Waals surface area contributed by atoms with E-state index in [9.17, 15) is 4.79 Å². The molecule has 72 valence electrons. The van der Waals surface area contributed by atoms with Crippen molar-refractivity contribution in [3.63, 3.8) is 0 Å². The molecule has 1 N–H and O–H groups in total. The lowest BCUT2D eigenvalue weighted by Crippen LogP contribution is -1.90. The van der Waals surface area contributed by atoms with E-state index < -0.39 is 5.97 Å². The van der Waals surface area contributed by atoms with Crippen molar-refractivity contribution in [2.75, 3.05) is 0 Å². The van der Waals surface area contributed by atoms with E-state index in [1.165, 1.54) is 5.56 Å². The Bertz CT molecular complexity index is 229. The van der Waals surface area contributed by atoms with Crippen LogP contribution in [0.5, 0.6) is 0 Å². The molecule has 0 saturated carbocycles. The summed E-state index contributed by atoms with van der Waals surface area (Å²) < 4.78 is 0. The molecule has 2 nitrogen and oxygen atoms in total. The van der Waals surface area contributed by atoms with Crippen LogP contribution in [0.4, 0.5) is 0 Å². The first-order valence-corrected chi connectivity index (χ1v) is 4.40. The zero-order valence-electron chi connectivity index (χ0n) is 8.16. The van der Waals surface area contributed by atoms with Crippen LogP contribution in [-0.2, 0) is 4.79 Å². The van der Waals surface area contributed by atoms with Crippen LogP contribution in [0.25, 0.3) is 0 Å². The minimum atomic E-state index is -0.711. The van der Waals surface area contributed by atoms with Crippen LogP contribution in [0.1, 0.15) is 25.3 Å². The summed E-state index contributed by atoms with van der Waals surface area (Å²) in [5, 5.41) is 7.91. The molecule has 1 rings (SSSR count). The van der Waals surface area contributed by atoms with Crippen LogP contribution in [0.3, 0.4) is 0 Å². The van der Waals surface area contributed by atoms with Crippen molar-refractivity contribution in [2.45, 2.75) is 26.7 Å². The van der Waals surface area contributed by atoms with E-state index in [2.05, 4.69) is 19.1 Å². The molecule has 0 aliphatic carbocycles. The summed E-state index contributed by atoms with van der Waals surface area (Å²) in [5.41, 5.74) is 1.32. The molecule has 0 spiro atoms. The third-order valence-corrected chi connectivity index (χ3v) is 1.40. The van der Waals surface area contributed by atoms with Crippen molar-refractivity contribution in [1.82, 2.24) is 0 Å². The van der Waals surface area contributed by atoms with E-state index >= 15 is 0 Å². The van der Waals surface area contributed by atoms with Crippen molar-refractivity contribution >= 4 is 5.97 Å². The highest BCUT2D eigenvalue weighted by Crippen LogP contribution is 1.92. The molecule has 0 radical (unpaired) electrons. The van der Waals surface area contributed by atoms with Crippen LogP contribution in [0, 0.1) is 6.92 Å². The van der Waals surface area contributed by atoms with Gasteiger partial charge in [-0.25, -0.2) is 0 Å². The monoisotopic (exact) mass is 180 g/mol. The topological polar surface area (TPSA) is 37.3 Å². The molecule has 0 unspecified atom stereocenters. The van der Waals surface area contributed by atoms with Gasteiger partial charge in [-0.2, -0.15) is 0 Å². The summed E-state index contributed by atoms with van der Waals surface area (Å²) in [6.45, 7) is 3.92. The lowest BCUT2D eigenvalue weighted by molar-refractivity contribution is -0.137. The van der Waals surface area contributed by atoms with Gasteiger partial charge in [-0.05, 0) is 13.3 Å². The molecule has 0 heterocycles. The molecule has 13 heavy (non-hydrogen) atoms. The summed E-state index contributed by atoms with van der Waals surface area (Å²) >= 11 is 0. The van der Waals surface area contributed by atoms with Crippen molar-refractivity contribution in [2.24, 2.45) is 0 Å². The molecule has 1 aromatic rings. The van der Waals surface area contributed by atoms with E-state index in [-0.39, 0.29) is 0 Å². The van der Waals surface area contributed by atoms with Crippen LogP contribution in [0.15, 0.2) is 30.3 Å².